The molecule has 0 spiro atoms. The molecule has 2 N–H and O–H groups in total. The van der Waals surface area contributed by atoms with Gasteiger partial charge in [-0.05, 0) is 23.8 Å². The van der Waals surface area contributed by atoms with E-state index in [1.54, 1.807) is 24.3 Å². The first-order valence-electron chi connectivity index (χ1n) is 8.85. The number of hydrogen-bond donors (Lipinski definition) is 2. The fourth-order valence-corrected chi connectivity index (χ4v) is 3.21. The first-order chi connectivity index (χ1) is 14.0. The smallest absolute Gasteiger partial charge is 0.200 e. The summed E-state index contributed by atoms with van der Waals surface area (Å²) in [5, 5.41) is 21.2. The van der Waals surface area contributed by atoms with Gasteiger partial charge in [-0.3, -0.25) is 4.79 Å². The van der Waals surface area contributed by atoms with Gasteiger partial charge in [-0.1, -0.05) is 30.3 Å². The second-order valence-electron chi connectivity index (χ2n) is 6.29. The standard InChI is InChI=1S/C23H20O6/c1-28-16-8-9-17(19(25)13-16)21(26)18-12-15(10-11-24)23(29-2)20(22(18)27)14-6-4-3-5-7-14/h3-9,11-13,25,27H,10H2,1-2H3. The van der Waals surface area contributed by atoms with Gasteiger partial charge in [0, 0.05) is 18.1 Å². The van der Waals surface area contributed by atoms with Crippen molar-refractivity contribution >= 4 is 12.1 Å². The lowest BCUT2D eigenvalue weighted by Crippen LogP contribution is -2.07. The third kappa shape index (κ3) is 3.78. The normalized spacial score (nSPS) is 10.4. The Morgan fingerprint density at radius 2 is 1.69 bits per heavy atom. The number of ether oxygens (including phenoxy) is 2. The number of carbonyl (C=O) groups excluding carboxylic acids is 2. The van der Waals surface area contributed by atoms with E-state index in [9.17, 15) is 19.8 Å². The minimum absolute atomic E-state index is 0.00182. The van der Waals surface area contributed by atoms with Crippen LogP contribution in [0.5, 0.6) is 23.0 Å². The molecule has 0 aliphatic rings. The van der Waals surface area contributed by atoms with Crippen LogP contribution in [0.25, 0.3) is 11.1 Å². The van der Waals surface area contributed by atoms with Crippen LogP contribution in [0.1, 0.15) is 21.5 Å². The van der Waals surface area contributed by atoms with Crippen LogP contribution >= 0.6 is 0 Å². The third-order valence-corrected chi connectivity index (χ3v) is 4.59. The Morgan fingerprint density at radius 1 is 0.966 bits per heavy atom. The molecule has 0 saturated carbocycles. The number of phenols is 2. The second-order valence-corrected chi connectivity index (χ2v) is 6.29. The Kier molecular flexibility index (Phi) is 5.83. The first-order valence-corrected chi connectivity index (χ1v) is 8.85. The predicted molar refractivity (Wildman–Crippen MR) is 108 cm³/mol. The van der Waals surface area contributed by atoms with Crippen molar-refractivity contribution in [3.05, 3.63) is 71.3 Å². The number of ketones is 1. The summed E-state index contributed by atoms with van der Waals surface area (Å²) in [6, 6.07) is 14.6. The molecule has 0 atom stereocenters. The van der Waals surface area contributed by atoms with Crippen molar-refractivity contribution in [2.24, 2.45) is 0 Å². The van der Waals surface area contributed by atoms with Crippen LogP contribution < -0.4 is 9.47 Å². The molecule has 3 aromatic rings. The van der Waals surface area contributed by atoms with E-state index in [-0.39, 0.29) is 29.0 Å². The Morgan fingerprint density at radius 3 is 2.28 bits per heavy atom. The van der Waals surface area contributed by atoms with Crippen LogP contribution in [0.4, 0.5) is 0 Å². The molecule has 148 valence electrons. The molecule has 29 heavy (non-hydrogen) atoms. The fraction of sp³-hybridized carbons (Fsp3) is 0.130. The topological polar surface area (TPSA) is 93.1 Å². The molecule has 0 bridgehead atoms. The summed E-state index contributed by atoms with van der Waals surface area (Å²) in [4.78, 5) is 24.3. The van der Waals surface area contributed by atoms with Crippen molar-refractivity contribution in [1.82, 2.24) is 0 Å². The zero-order valence-corrected chi connectivity index (χ0v) is 16.0. The van der Waals surface area contributed by atoms with Gasteiger partial charge in [-0.25, -0.2) is 0 Å². The quantitative estimate of drug-likeness (QED) is 0.470. The number of rotatable bonds is 7. The maximum atomic E-state index is 13.1. The number of hydrogen-bond acceptors (Lipinski definition) is 6. The summed E-state index contributed by atoms with van der Waals surface area (Å²) in [5.74, 6) is -0.443. The summed E-state index contributed by atoms with van der Waals surface area (Å²) in [5.41, 5.74) is 1.35. The summed E-state index contributed by atoms with van der Waals surface area (Å²) >= 11 is 0. The molecule has 0 fully saturated rings. The van der Waals surface area contributed by atoms with Crippen LogP contribution in [0.2, 0.25) is 0 Å². The van der Waals surface area contributed by atoms with Gasteiger partial charge in [0.1, 0.15) is 29.3 Å². The Labute approximate surface area is 168 Å². The van der Waals surface area contributed by atoms with Gasteiger partial charge in [0.15, 0.2) is 0 Å². The molecule has 0 saturated heterocycles. The lowest BCUT2D eigenvalue weighted by atomic mass is 9.91. The zero-order chi connectivity index (χ0) is 21.0. The van der Waals surface area contributed by atoms with Crippen LogP contribution in [0, 0.1) is 0 Å². The monoisotopic (exact) mass is 392 g/mol. The van der Waals surface area contributed by atoms with Gasteiger partial charge in [0.05, 0.1) is 30.9 Å². The van der Waals surface area contributed by atoms with Crippen molar-refractivity contribution in [3.63, 3.8) is 0 Å². The molecule has 0 radical (unpaired) electrons. The molecule has 0 aromatic heterocycles. The van der Waals surface area contributed by atoms with Crippen molar-refractivity contribution in [1.29, 1.82) is 0 Å². The van der Waals surface area contributed by atoms with E-state index >= 15 is 0 Å². The maximum Gasteiger partial charge on any atom is 0.200 e. The lowest BCUT2D eigenvalue weighted by molar-refractivity contribution is -0.107. The van der Waals surface area contributed by atoms with Gasteiger partial charge in [0.2, 0.25) is 5.78 Å². The molecule has 6 nitrogen and oxygen atoms in total. The number of methoxy groups -OCH3 is 2. The SMILES string of the molecule is COc1ccc(C(=O)c2cc(CC=O)c(OC)c(-c3ccccc3)c2O)c(O)c1. The highest BCUT2D eigenvalue weighted by Gasteiger charge is 2.25. The van der Waals surface area contributed by atoms with Gasteiger partial charge >= 0.3 is 0 Å². The molecule has 6 heteroatoms. The molecule has 0 unspecified atom stereocenters. The Balaban J connectivity index is 2.25. The molecule has 0 amide bonds. The van der Waals surface area contributed by atoms with Crippen LogP contribution in [0.15, 0.2) is 54.6 Å². The molecule has 3 aromatic carbocycles. The number of aromatic hydroxyl groups is 2. The fourth-order valence-electron chi connectivity index (χ4n) is 3.21. The van der Waals surface area contributed by atoms with Crippen LogP contribution in [0.3, 0.4) is 0 Å². The van der Waals surface area contributed by atoms with E-state index in [0.29, 0.717) is 34.5 Å². The first kappa shape index (κ1) is 19.9. The van der Waals surface area contributed by atoms with Crippen molar-refractivity contribution < 1.29 is 29.3 Å². The number of aldehydes is 1. The minimum atomic E-state index is -0.588. The van der Waals surface area contributed by atoms with Crippen LogP contribution in [-0.4, -0.2) is 36.5 Å². The van der Waals surface area contributed by atoms with Gasteiger partial charge in [-0.2, -0.15) is 0 Å². The highest BCUT2D eigenvalue weighted by Crippen LogP contribution is 2.44. The Bertz CT molecular complexity index is 1060. The van der Waals surface area contributed by atoms with Gasteiger partial charge in [0.25, 0.3) is 0 Å². The second kappa shape index (κ2) is 8.48. The predicted octanol–water partition coefficient (Wildman–Crippen LogP) is 3.75. The minimum Gasteiger partial charge on any atom is -0.507 e. The van der Waals surface area contributed by atoms with Gasteiger partial charge < -0.3 is 24.5 Å². The lowest BCUT2D eigenvalue weighted by Gasteiger charge is -2.18. The summed E-state index contributed by atoms with van der Waals surface area (Å²) in [6.07, 6.45) is 0.695. The molecule has 0 aliphatic heterocycles. The average Bonchev–Trinajstić information content (AvgIpc) is 2.74. The molecule has 0 aliphatic carbocycles. The van der Waals surface area contributed by atoms with Crippen LogP contribution in [-0.2, 0) is 11.2 Å². The van der Waals surface area contributed by atoms with Crippen molar-refractivity contribution in [2.75, 3.05) is 14.2 Å². The molecule has 3 rings (SSSR count). The summed E-state index contributed by atoms with van der Waals surface area (Å²) < 4.78 is 10.5. The zero-order valence-electron chi connectivity index (χ0n) is 16.0. The van der Waals surface area contributed by atoms with E-state index in [0.717, 1.165) is 0 Å². The summed E-state index contributed by atoms with van der Waals surface area (Å²) in [6.45, 7) is 0. The average molecular weight is 392 g/mol. The molecular formula is C23H20O6. The highest BCUT2D eigenvalue weighted by atomic mass is 16.5. The van der Waals surface area contributed by atoms with E-state index in [4.69, 9.17) is 9.47 Å². The largest absolute Gasteiger partial charge is 0.507 e. The van der Waals surface area contributed by atoms with E-state index in [1.165, 1.54) is 38.5 Å². The number of benzene rings is 3. The van der Waals surface area contributed by atoms with Crippen molar-refractivity contribution in [2.45, 2.75) is 6.42 Å². The maximum absolute atomic E-state index is 13.1. The molecular weight excluding hydrogens is 372 g/mol. The number of carbonyl (C=O) groups is 2. The third-order valence-electron chi connectivity index (χ3n) is 4.59. The Hall–Kier alpha value is -3.80. The van der Waals surface area contributed by atoms with E-state index in [1.807, 2.05) is 6.07 Å². The van der Waals surface area contributed by atoms with E-state index < -0.39 is 5.78 Å². The summed E-state index contributed by atoms with van der Waals surface area (Å²) in [7, 11) is 2.88. The van der Waals surface area contributed by atoms with Crippen molar-refractivity contribution in [3.8, 4) is 34.1 Å². The van der Waals surface area contributed by atoms with E-state index in [2.05, 4.69) is 0 Å². The van der Waals surface area contributed by atoms with Gasteiger partial charge in [-0.15, -0.1) is 0 Å². The number of phenolic OH excluding ortho intramolecular Hbond substituents is 2. The molecule has 0 heterocycles. The highest BCUT2D eigenvalue weighted by molar-refractivity contribution is 6.14.